The Morgan fingerprint density at radius 2 is 1.68 bits per heavy atom. The minimum absolute atomic E-state index is 0.0257. The van der Waals surface area contributed by atoms with Crippen molar-refractivity contribution in [1.82, 2.24) is 4.90 Å². The first-order valence-corrected chi connectivity index (χ1v) is 10.2. The first-order valence-electron chi connectivity index (χ1n) is 9.43. The number of halogens is 6. The van der Waals surface area contributed by atoms with E-state index in [0.717, 1.165) is 34.1 Å². The molecule has 1 heterocycles. The predicted octanol–water partition coefficient (Wildman–Crippen LogP) is 6.60. The molecule has 0 aliphatic carbocycles. The van der Waals surface area contributed by atoms with E-state index in [0.29, 0.717) is 0 Å². The molecule has 2 aromatic carbocycles. The number of urea groups is 1. The minimum Gasteiger partial charge on any atom is -0.315 e. The number of carbonyl (C=O) groups is 1. The predicted molar refractivity (Wildman–Crippen MR) is 111 cm³/mol. The molecule has 1 atom stereocenters. The van der Waals surface area contributed by atoms with Gasteiger partial charge in [-0.1, -0.05) is 12.1 Å². The number of rotatable bonds is 3. The summed E-state index contributed by atoms with van der Waals surface area (Å²) >= 11 is -0.490. The van der Waals surface area contributed by atoms with E-state index >= 15 is 0 Å². The summed E-state index contributed by atoms with van der Waals surface area (Å²) in [6, 6.07) is 8.97. The van der Waals surface area contributed by atoms with Crippen LogP contribution in [0.25, 0.3) is 0 Å². The molecule has 12 heteroatoms. The van der Waals surface area contributed by atoms with Gasteiger partial charge in [0, 0.05) is 17.6 Å². The van der Waals surface area contributed by atoms with Gasteiger partial charge < -0.3 is 4.90 Å². The fourth-order valence-corrected chi connectivity index (χ4v) is 4.33. The third-order valence-corrected chi connectivity index (χ3v) is 5.90. The van der Waals surface area contributed by atoms with Gasteiger partial charge >= 0.3 is 17.7 Å². The molecule has 0 unspecified atom stereocenters. The quantitative estimate of drug-likeness (QED) is 0.355. The highest BCUT2D eigenvalue weighted by molar-refractivity contribution is 8.00. The second-order valence-corrected chi connectivity index (χ2v) is 8.31. The highest BCUT2D eigenvalue weighted by atomic mass is 32.2. The molecule has 0 radical (unpaired) electrons. The summed E-state index contributed by atoms with van der Waals surface area (Å²) in [7, 11) is 1.23. The Kier molecular flexibility index (Phi) is 6.58. The van der Waals surface area contributed by atoms with E-state index in [1.165, 1.54) is 32.2 Å². The number of nitriles is 2. The van der Waals surface area contributed by atoms with Crippen LogP contribution in [0.1, 0.15) is 29.7 Å². The van der Waals surface area contributed by atoms with Crippen molar-refractivity contribution in [3.05, 3.63) is 70.4 Å². The highest BCUT2D eigenvalue weighted by Gasteiger charge is 2.41. The summed E-state index contributed by atoms with van der Waals surface area (Å²) in [5.74, 6) is 0. The van der Waals surface area contributed by atoms with Crippen LogP contribution in [0.15, 0.2) is 58.6 Å². The zero-order valence-corrected chi connectivity index (χ0v) is 18.3. The van der Waals surface area contributed by atoms with Gasteiger partial charge in [0.2, 0.25) is 0 Å². The number of amides is 2. The number of alkyl halides is 6. The number of nitrogens with zero attached hydrogens (tertiary/aromatic N) is 4. The van der Waals surface area contributed by atoms with E-state index in [4.69, 9.17) is 5.26 Å². The molecule has 3 rings (SSSR count). The van der Waals surface area contributed by atoms with Crippen molar-refractivity contribution in [2.24, 2.45) is 0 Å². The number of carbonyl (C=O) groups excluding carboxylic acids is 1. The second-order valence-electron chi connectivity index (χ2n) is 7.20. The number of anilines is 1. The molecule has 1 aliphatic rings. The largest absolute Gasteiger partial charge is 0.446 e. The third kappa shape index (κ3) is 4.82. The van der Waals surface area contributed by atoms with Crippen LogP contribution in [0.5, 0.6) is 0 Å². The van der Waals surface area contributed by atoms with Gasteiger partial charge in [-0.25, -0.2) is 4.79 Å². The van der Waals surface area contributed by atoms with Crippen LogP contribution < -0.4 is 4.90 Å². The molecular weight excluding hydrogens is 482 g/mol. The number of thioether (sulfide) groups is 1. The zero-order valence-electron chi connectivity index (χ0n) is 17.5. The van der Waals surface area contributed by atoms with Crippen molar-refractivity contribution in [2.45, 2.75) is 29.5 Å². The Balaban J connectivity index is 2.20. The summed E-state index contributed by atoms with van der Waals surface area (Å²) in [4.78, 5) is 14.7. The Morgan fingerprint density at radius 1 is 1.00 bits per heavy atom. The lowest BCUT2D eigenvalue weighted by Gasteiger charge is -2.40. The number of hydrogen-bond acceptors (Lipinski definition) is 4. The lowest BCUT2D eigenvalue weighted by atomic mass is 9.93. The van der Waals surface area contributed by atoms with Crippen molar-refractivity contribution in [2.75, 3.05) is 11.9 Å². The Hall–Kier alpha value is -3.64. The first-order chi connectivity index (χ1) is 15.8. The van der Waals surface area contributed by atoms with E-state index in [1.54, 1.807) is 6.07 Å². The molecule has 2 amide bonds. The lowest BCUT2D eigenvalue weighted by molar-refractivity contribution is -0.137. The van der Waals surface area contributed by atoms with Crippen LogP contribution in [-0.2, 0) is 6.18 Å². The minimum atomic E-state index is -4.71. The Labute approximate surface area is 194 Å². The monoisotopic (exact) mass is 496 g/mol. The van der Waals surface area contributed by atoms with Crippen LogP contribution in [0.4, 0.5) is 36.8 Å². The summed E-state index contributed by atoms with van der Waals surface area (Å²) in [5.41, 5.74) is -6.13. The van der Waals surface area contributed by atoms with Gasteiger partial charge in [-0.15, -0.1) is 0 Å². The number of hydrogen-bond donors (Lipinski definition) is 0. The molecule has 1 aliphatic heterocycles. The number of benzene rings is 2. The summed E-state index contributed by atoms with van der Waals surface area (Å²) in [6.45, 7) is 1.33. The average molecular weight is 496 g/mol. The zero-order chi connectivity index (χ0) is 25.4. The van der Waals surface area contributed by atoms with Crippen LogP contribution in [0.2, 0.25) is 0 Å². The van der Waals surface area contributed by atoms with Crippen molar-refractivity contribution in [1.29, 1.82) is 10.5 Å². The van der Waals surface area contributed by atoms with E-state index in [1.807, 2.05) is 6.07 Å². The molecule has 5 nitrogen and oxygen atoms in total. The van der Waals surface area contributed by atoms with E-state index in [-0.39, 0.29) is 33.0 Å². The first kappa shape index (κ1) is 25.0. The molecule has 0 saturated heterocycles. The third-order valence-electron chi connectivity index (χ3n) is 5.09. The Morgan fingerprint density at radius 3 is 2.24 bits per heavy atom. The molecular formula is C22H14F6N4OS. The number of allylic oxidation sites excluding steroid dienone is 1. The van der Waals surface area contributed by atoms with Gasteiger partial charge in [0.15, 0.2) is 0 Å². The van der Waals surface area contributed by atoms with Crippen LogP contribution in [-0.4, -0.2) is 23.5 Å². The van der Waals surface area contributed by atoms with Gasteiger partial charge in [-0.3, -0.25) is 4.90 Å². The van der Waals surface area contributed by atoms with Gasteiger partial charge in [0.25, 0.3) is 0 Å². The van der Waals surface area contributed by atoms with Crippen molar-refractivity contribution in [3.8, 4) is 12.1 Å². The van der Waals surface area contributed by atoms with Gasteiger partial charge in [0.05, 0.1) is 40.6 Å². The SMILES string of the molecule is CC1=C(C#N)[C@@H](c2ccc(C#N)cc2SC(F)(F)F)N(C)C(=O)N1c1cccc(C(F)(F)F)c1. The highest BCUT2D eigenvalue weighted by Crippen LogP contribution is 2.46. The van der Waals surface area contributed by atoms with Crippen LogP contribution >= 0.6 is 11.8 Å². The normalized spacial score (nSPS) is 17.0. The lowest BCUT2D eigenvalue weighted by Crippen LogP contribution is -2.47. The number of likely N-dealkylation sites (N-methyl/N-ethyl adjacent to an activating group) is 1. The van der Waals surface area contributed by atoms with Gasteiger partial charge in [-0.2, -0.15) is 36.9 Å². The molecule has 0 aromatic heterocycles. The molecule has 34 heavy (non-hydrogen) atoms. The second kappa shape index (κ2) is 8.95. The average Bonchev–Trinajstić information content (AvgIpc) is 2.75. The van der Waals surface area contributed by atoms with Crippen molar-refractivity contribution >= 4 is 23.5 Å². The molecule has 2 aromatic rings. The molecule has 0 N–H and O–H groups in total. The van der Waals surface area contributed by atoms with Gasteiger partial charge in [-0.05, 0) is 54.6 Å². The maximum absolute atomic E-state index is 13.2. The van der Waals surface area contributed by atoms with Crippen LogP contribution in [0.3, 0.4) is 0 Å². The smallest absolute Gasteiger partial charge is 0.315 e. The van der Waals surface area contributed by atoms with Crippen molar-refractivity contribution < 1.29 is 31.1 Å². The molecule has 0 fully saturated rings. The molecule has 0 spiro atoms. The fourth-order valence-electron chi connectivity index (χ4n) is 3.60. The van der Waals surface area contributed by atoms with Crippen LogP contribution in [0, 0.1) is 22.7 Å². The Bertz CT molecular complexity index is 1260. The fraction of sp³-hybridized carbons (Fsp3) is 0.227. The van der Waals surface area contributed by atoms with Gasteiger partial charge in [0.1, 0.15) is 0 Å². The van der Waals surface area contributed by atoms with E-state index in [9.17, 15) is 36.4 Å². The maximum Gasteiger partial charge on any atom is 0.446 e. The summed E-state index contributed by atoms with van der Waals surface area (Å²) in [6.07, 6.45) is -4.68. The van der Waals surface area contributed by atoms with Crippen molar-refractivity contribution in [3.63, 3.8) is 0 Å². The topological polar surface area (TPSA) is 71.1 Å². The molecule has 176 valence electrons. The summed E-state index contributed by atoms with van der Waals surface area (Å²) in [5, 5.41) is 18.9. The molecule has 0 saturated carbocycles. The van der Waals surface area contributed by atoms with E-state index < -0.39 is 41.1 Å². The van der Waals surface area contributed by atoms with E-state index in [2.05, 4.69) is 0 Å². The molecule has 0 bridgehead atoms. The standard InChI is InChI=1S/C22H14F6N4OS/c1-12-17(11-30)19(16-7-6-13(10-29)8-18(16)34-22(26,27)28)31(2)20(33)32(12)15-5-3-4-14(9-15)21(23,24)25/h3-9,19H,1-2H3/t19-/m1/s1. The maximum atomic E-state index is 13.2. The summed E-state index contributed by atoms with van der Waals surface area (Å²) < 4.78 is 79.1.